The first-order chi connectivity index (χ1) is 11.1. The molecule has 2 fully saturated rings. The molecule has 5 N–H and O–H groups in total. The third-order valence-electron chi connectivity index (χ3n) is 4.22. The van der Waals surface area contributed by atoms with Crippen molar-refractivity contribution < 1.29 is 29.7 Å². The molecule has 1 aromatic rings. The minimum Gasteiger partial charge on any atom is -0.394 e. The standard InChI is InChI=1S/C15H20N2O6/c18-7-12-13(19)14-11(23-12)5-10(22-14)6-16-15(20)8-1-3-9(17-21)4-2-8/h1-4,10-14,17-19,21H,5-7H2,(H,16,20)/t10-,11-,12+,13+,14+/m0/s1. The van der Waals surface area contributed by atoms with Crippen LogP contribution in [0.4, 0.5) is 5.69 Å². The van der Waals surface area contributed by atoms with E-state index in [1.54, 1.807) is 24.3 Å². The Morgan fingerprint density at radius 2 is 2.00 bits per heavy atom. The lowest BCUT2D eigenvalue weighted by molar-refractivity contribution is -0.0511. The van der Waals surface area contributed by atoms with Crippen LogP contribution in [0.15, 0.2) is 24.3 Å². The van der Waals surface area contributed by atoms with Crippen molar-refractivity contribution in [1.29, 1.82) is 0 Å². The number of fused-ring (bicyclic) bond motifs is 1. The Bertz CT molecular complexity index is 551. The molecule has 2 aliphatic rings. The summed E-state index contributed by atoms with van der Waals surface area (Å²) in [5, 5.41) is 30.5. The SMILES string of the molecule is O=C(NC[C@@H]1C[C@@H]2O[C@H](CO)[C@@H](O)[C@@H]2O1)c1ccc(NO)cc1. The number of aliphatic hydroxyl groups excluding tert-OH is 2. The fourth-order valence-electron chi connectivity index (χ4n) is 3.00. The summed E-state index contributed by atoms with van der Waals surface area (Å²) in [6.45, 7) is 0.0727. The molecule has 5 atom stereocenters. The molecule has 0 aliphatic carbocycles. The summed E-state index contributed by atoms with van der Waals surface area (Å²) in [6.07, 6.45) is -1.82. The average Bonchev–Trinajstić information content (AvgIpc) is 3.11. The smallest absolute Gasteiger partial charge is 0.251 e. The van der Waals surface area contributed by atoms with E-state index in [0.717, 1.165) is 0 Å². The second-order valence-electron chi connectivity index (χ2n) is 5.74. The lowest BCUT2D eigenvalue weighted by Gasteiger charge is -2.18. The van der Waals surface area contributed by atoms with E-state index in [9.17, 15) is 9.90 Å². The highest BCUT2D eigenvalue weighted by molar-refractivity contribution is 5.94. The quantitative estimate of drug-likeness (QED) is 0.463. The number of benzene rings is 1. The maximum Gasteiger partial charge on any atom is 0.251 e. The number of carbonyl (C=O) groups is 1. The summed E-state index contributed by atoms with van der Waals surface area (Å²) in [6, 6.07) is 6.36. The van der Waals surface area contributed by atoms with Gasteiger partial charge in [-0.05, 0) is 24.3 Å². The molecule has 0 aromatic heterocycles. The Hall–Kier alpha value is -1.71. The molecular formula is C15H20N2O6. The van der Waals surface area contributed by atoms with Gasteiger partial charge in [0, 0.05) is 18.5 Å². The van der Waals surface area contributed by atoms with E-state index in [0.29, 0.717) is 24.2 Å². The highest BCUT2D eigenvalue weighted by atomic mass is 16.6. The molecule has 23 heavy (non-hydrogen) atoms. The second kappa shape index (κ2) is 6.81. The molecule has 2 saturated heterocycles. The van der Waals surface area contributed by atoms with E-state index < -0.39 is 18.3 Å². The Morgan fingerprint density at radius 1 is 1.26 bits per heavy atom. The number of hydrogen-bond donors (Lipinski definition) is 5. The summed E-state index contributed by atoms with van der Waals surface area (Å²) in [5.74, 6) is -0.246. The van der Waals surface area contributed by atoms with Crippen LogP contribution >= 0.6 is 0 Å². The van der Waals surface area contributed by atoms with Crippen molar-refractivity contribution in [3.63, 3.8) is 0 Å². The monoisotopic (exact) mass is 324 g/mol. The Balaban J connectivity index is 1.49. The van der Waals surface area contributed by atoms with Gasteiger partial charge in [-0.3, -0.25) is 15.5 Å². The van der Waals surface area contributed by atoms with Crippen molar-refractivity contribution in [2.75, 3.05) is 18.6 Å². The van der Waals surface area contributed by atoms with Gasteiger partial charge < -0.3 is 25.0 Å². The van der Waals surface area contributed by atoms with Gasteiger partial charge in [0.2, 0.25) is 0 Å². The maximum atomic E-state index is 12.0. The maximum absolute atomic E-state index is 12.0. The lowest BCUT2D eigenvalue weighted by Crippen LogP contribution is -2.37. The first kappa shape index (κ1) is 16.2. The molecule has 3 rings (SSSR count). The van der Waals surface area contributed by atoms with Gasteiger partial charge in [-0.2, -0.15) is 0 Å². The van der Waals surface area contributed by atoms with Gasteiger partial charge in [-0.25, -0.2) is 0 Å². The molecular weight excluding hydrogens is 304 g/mol. The molecule has 2 aliphatic heterocycles. The molecule has 8 heteroatoms. The van der Waals surface area contributed by atoms with Gasteiger partial charge in [-0.1, -0.05) is 0 Å². The molecule has 0 unspecified atom stereocenters. The normalized spacial score (nSPS) is 32.6. The predicted octanol–water partition coefficient (Wildman–Crippen LogP) is -0.504. The molecule has 1 aromatic carbocycles. The predicted molar refractivity (Wildman–Crippen MR) is 79.2 cm³/mol. The Labute approximate surface area is 133 Å². The van der Waals surface area contributed by atoms with Crippen molar-refractivity contribution in [3.05, 3.63) is 29.8 Å². The molecule has 2 heterocycles. The fraction of sp³-hybridized carbons (Fsp3) is 0.533. The summed E-state index contributed by atoms with van der Waals surface area (Å²) in [5.41, 5.74) is 2.97. The first-order valence-corrected chi connectivity index (χ1v) is 7.50. The Kier molecular flexibility index (Phi) is 4.79. The summed E-state index contributed by atoms with van der Waals surface area (Å²) in [4.78, 5) is 12.0. The van der Waals surface area contributed by atoms with E-state index in [2.05, 4.69) is 5.32 Å². The van der Waals surface area contributed by atoms with Crippen LogP contribution in [0.2, 0.25) is 0 Å². The van der Waals surface area contributed by atoms with E-state index in [1.807, 2.05) is 5.48 Å². The summed E-state index contributed by atoms with van der Waals surface area (Å²) < 4.78 is 11.2. The second-order valence-corrected chi connectivity index (χ2v) is 5.74. The molecule has 0 bridgehead atoms. The van der Waals surface area contributed by atoms with Crippen LogP contribution in [0.5, 0.6) is 0 Å². The number of carbonyl (C=O) groups excluding carboxylic acids is 1. The van der Waals surface area contributed by atoms with Crippen LogP contribution in [0.25, 0.3) is 0 Å². The van der Waals surface area contributed by atoms with E-state index in [-0.39, 0.29) is 24.7 Å². The van der Waals surface area contributed by atoms with Gasteiger partial charge in [0.1, 0.15) is 18.3 Å². The van der Waals surface area contributed by atoms with Crippen LogP contribution in [-0.4, -0.2) is 65.0 Å². The van der Waals surface area contributed by atoms with Gasteiger partial charge in [-0.15, -0.1) is 0 Å². The van der Waals surface area contributed by atoms with Crippen LogP contribution in [-0.2, 0) is 9.47 Å². The van der Waals surface area contributed by atoms with Crippen molar-refractivity contribution in [2.45, 2.75) is 36.9 Å². The van der Waals surface area contributed by atoms with Gasteiger partial charge in [0.15, 0.2) is 0 Å². The topological polar surface area (TPSA) is 120 Å². The molecule has 0 saturated carbocycles. The highest BCUT2D eigenvalue weighted by Crippen LogP contribution is 2.34. The van der Waals surface area contributed by atoms with Crippen molar-refractivity contribution in [2.24, 2.45) is 0 Å². The van der Waals surface area contributed by atoms with Crippen LogP contribution in [0, 0.1) is 0 Å². The number of rotatable bonds is 5. The van der Waals surface area contributed by atoms with Crippen molar-refractivity contribution in [1.82, 2.24) is 5.32 Å². The number of ether oxygens (including phenoxy) is 2. The molecule has 0 radical (unpaired) electrons. The minimum atomic E-state index is -0.843. The highest BCUT2D eigenvalue weighted by Gasteiger charge is 2.50. The average molecular weight is 324 g/mol. The van der Waals surface area contributed by atoms with E-state index in [4.69, 9.17) is 19.8 Å². The van der Waals surface area contributed by atoms with Gasteiger partial charge in [0.25, 0.3) is 5.91 Å². The molecule has 1 amide bonds. The summed E-state index contributed by atoms with van der Waals surface area (Å²) in [7, 11) is 0. The number of aliphatic hydroxyl groups is 2. The Morgan fingerprint density at radius 3 is 2.61 bits per heavy atom. The molecule has 126 valence electrons. The minimum absolute atomic E-state index is 0.235. The van der Waals surface area contributed by atoms with E-state index in [1.165, 1.54) is 0 Å². The van der Waals surface area contributed by atoms with Crippen molar-refractivity contribution >= 4 is 11.6 Å². The third-order valence-corrected chi connectivity index (χ3v) is 4.22. The number of amides is 1. The van der Waals surface area contributed by atoms with Gasteiger partial charge >= 0.3 is 0 Å². The first-order valence-electron chi connectivity index (χ1n) is 7.50. The van der Waals surface area contributed by atoms with Gasteiger partial charge in [0.05, 0.1) is 24.5 Å². The number of nitrogens with one attached hydrogen (secondary N) is 2. The summed E-state index contributed by atoms with van der Waals surface area (Å²) >= 11 is 0. The molecule has 0 spiro atoms. The fourth-order valence-corrected chi connectivity index (χ4v) is 3.00. The zero-order valence-corrected chi connectivity index (χ0v) is 12.4. The van der Waals surface area contributed by atoms with Crippen LogP contribution in [0.1, 0.15) is 16.8 Å². The third kappa shape index (κ3) is 3.31. The van der Waals surface area contributed by atoms with Crippen molar-refractivity contribution in [3.8, 4) is 0 Å². The van der Waals surface area contributed by atoms with Crippen LogP contribution in [0.3, 0.4) is 0 Å². The zero-order valence-electron chi connectivity index (χ0n) is 12.4. The zero-order chi connectivity index (χ0) is 16.4. The number of hydrogen-bond acceptors (Lipinski definition) is 7. The lowest BCUT2D eigenvalue weighted by atomic mass is 10.1. The molecule has 8 nitrogen and oxygen atoms in total. The largest absolute Gasteiger partial charge is 0.394 e. The van der Waals surface area contributed by atoms with Crippen LogP contribution < -0.4 is 10.8 Å². The van der Waals surface area contributed by atoms with E-state index >= 15 is 0 Å². The number of anilines is 1.